The molecule has 0 unspecified atom stereocenters. The molecule has 0 saturated heterocycles. The molecule has 18 heavy (non-hydrogen) atoms. The first-order valence-electron chi connectivity index (χ1n) is 5.52. The topological polar surface area (TPSA) is 58.6 Å². The molecule has 0 radical (unpaired) electrons. The Hall–Kier alpha value is -1.01. The number of aromatic amines is 1. The molecule has 0 spiro atoms. The number of nitrogens with one attached hydrogen (secondary N) is 1. The van der Waals surface area contributed by atoms with Gasteiger partial charge in [-0.3, -0.25) is 4.79 Å². The molecule has 6 heteroatoms. The number of thiazole rings is 1. The Morgan fingerprint density at radius 2 is 2.00 bits per heavy atom. The average Bonchev–Trinajstić information content (AvgIpc) is 2.67. The Balaban J connectivity index is 2.65. The molecule has 1 N–H and O–H groups in total. The number of hydrogen-bond donors (Lipinski definition) is 1. The Labute approximate surface area is 118 Å². The van der Waals surface area contributed by atoms with E-state index in [1.165, 1.54) is 11.3 Å². The van der Waals surface area contributed by atoms with Crippen LogP contribution in [0.4, 0.5) is 0 Å². The first-order chi connectivity index (χ1) is 8.29. The summed E-state index contributed by atoms with van der Waals surface area (Å²) in [6.45, 7) is 7.99. The van der Waals surface area contributed by atoms with Crippen LogP contribution in [0.1, 0.15) is 32.2 Å². The van der Waals surface area contributed by atoms with E-state index in [-0.39, 0.29) is 11.0 Å². The fourth-order valence-electron chi connectivity index (χ4n) is 1.52. The highest BCUT2D eigenvalue weighted by Crippen LogP contribution is 2.28. The second-order valence-corrected chi connectivity index (χ2v) is 6.77. The van der Waals surface area contributed by atoms with Crippen molar-refractivity contribution in [2.75, 3.05) is 0 Å². The summed E-state index contributed by atoms with van der Waals surface area (Å²) in [6.07, 6.45) is 0. The van der Waals surface area contributed by atoms with Gasteiger partial charge in [-0.25, -0.2) is 9.97 Å². The van der Waals surface area contributed by atoms with E-state index in [9.17, 15) is 4.79 Å². The van der Waals surface area contributed by atoms with Crippen LogP contribution in [0.25, 0.3) is 10.8 Å². The van der Waals surface area contributed by atoms with Gasteiger partial charge in [0.05, 0.1) is 5.69 Å². The van der Waals surface area contributed by atoms with E-state index in [2.05, 4.69) is 30.9 Å². The molecule has 0 bridgehead atoms. The van der Waals surface area contributed by atoms with Crippen LogP contribution >= 0.6 is 27.3 Å². The number of nitrogens with zero attached hydrogens (tertiary/aromatic N) is 2. The van der Waals surface area contributed by atoms with Gasteiger partial charge in [0, 0.05) is 16.5 Å². The molecule has 0 fully saturated rings. The van der Waals surface area contributed by atoms with Crippen LogP contribution in [0.3, 0.4) is 0 Å². The van der Waals surface area contributed by atoms with Crippen molar-refractivity contribution in [2.24, 2.45) is 0 Å². The van der Waals surface area contributed by atoms with Crippen LogP contribution < -0.4 is 5.56 Å². The van der Waals surface area contributed by atoms with Gasteiger partial charge in [-0.2, -0.15) is 0 Å². The molecule has 0 aromatic carbocycles. The predicted octanol–water partition coefficient (Wildman–Crippen LogP) is 3.26. The third-order valence-corrected chi connectivity index (χ3v) is 4.10. The molecule has 96 valence electrons. The lowest BCUT2D eigenvalue weighted by Crippen LogP contribution is -2.22. The summed E-state index contributed by atoms with van der Waals surface area (Å²) in [6, 6.07) is 0. The monoisotopic (exact) mass is 327 g/mol. The third-order valence-electron chi connectivity index (χ3n) is 2.39. The van der Waals surface area contributed by atoms with Crippen molar-refractivity contribution in [3.63, 3.8) is 0 Å². The van der Waals surface area contributed by atoms with E-state index in [0.29, 0.717) is 10.3 Å². The Morgan fingerprint density at radius 3 is 2.50 bits per heavy atom. The average molecular weight is 328 g/mol. The summed E-state index contributed by atoms with van der Waals surface area (Å²) in [5.74, 6) is 0.534. The lowest BCUT2D eigenvalue weighted by atomic mass is 9.92. The predicted molar refractivity (Wildman–Crippen MR) is 77.1 cm³/mol. The van der Waals surface area contributed by atoms with Crippen molar-refractivity contribution in [3.8, 4) is 10.8 Å². The van der Waals surface area contributed by atoms with Gasteiger partial charge < -0.3 is 4.98 Å². The van der Waals surface area contributed by atoms with Gasteiger partial charge in [0.1, 0.15) is 4.47 Å². The molecular formula is C12H14BrN3OS. The van der Waals surface area contributed by atoms with Crippen LogP contribution in [-0.4, -0.2) is 15.0 Å². The molecule has 0 aliphatic heterocycles. The fourth-order valence-corrected chi connectivity index (χ4v) is 3.04. The Kier molecular flexibility index (Phi) is 3.42. The summed E-state index contributed by atoms with van der Waals surface area (Å²) in [5, 5.41) is 2.68. The van der Waals surface area contributed by atoms with Crippen LogP contribution in [0, 0.1) is 6.92 Å². The molecule has 2 heterocycles. The van der Waals surface area contributed by atoms with E-state index in [4.69, 9.17) is 0 Å². The zero-order valence-corrected chi connectivity index (χ0v) is 13.1. The maximum Gasteiger partial charge on any atom is 0.265 e. The molecule has 2 aromatic heterocycles. The molecule has 2 rings (SSSR count). The van der Waals surface area contributed by atoms with Gasteiger partial charge in [0.25, 0.3) is 5.56 Å². The highest BCUT2D eigenvalue weighted by molar-refractivity contribution is 9.10. The van der Waals surface area contributed by atoms with Gasteiger partial charge >= 0.3 is 0 Å². The number of H-pyrrole nitrogens is 1. The van der Waals surface area contributed by atoms with Crippen molar-refractivity contribution in [1.82, 2.24) is 15.0 Å². The summed E-state index contributed by atoms with van der Waals surface area (Å²) in [5.41, 5.74) is 1.30. The van der Waals surface area contributed by atoms with Gasteiger partial charge in [-0.1, -0.05) is 20.8 Å². The van der Waals surface area contributed by atoms with E-state index >= 15 is 0 Å². The largest absolute Gasteiger partial charge is 0.304 e. The molecule has 0 saturated carbocycles. The van der Waals surface area contributed by atoms with Crippen molar-refractivity contribution in [3.05, 3.63) is 31.6 Å². The number of rotatable bonds is 1. The zero-order valence-electron chi connectivity index (χ0n) is 10.7. The highest BCUT2D eigenvalue weighted by Gasteiger charge is 2.22. The van der Waals surface area contributed by atoms with Gasteiger partial charge in [0.15, 0.2) is 10.8 Å². The lowest BCUT2D eigenvalue weighted by Gasteiger charge is -2.19. The fraction of sp³-hybridized carbons (Fsp3) is 0.417. The second-order valence-electron chi connectivity index (χ2n) is 5.12. The van der Waals surface area contributed by atoms with Crippen LogP contribution in [-0.2, 0) is 5.41 Å². The minimum atomic E-state index is -0.200. The van der Waals surface area contributed by atoms with E-state index < -0.39 is 0 Å². The van der Waals surface area contributed by atoms with E-state index in [0.717, 1.165) is 16.4 Å². The molecule has 2 aromatic rings. The molecule has 4 nitrogen and oxygen atoms in total. The molecule has 0 atom stereocenters. The van der Waals surface area contributed by atoms with E-state index in [1.807, 2.05) is 33.1 Å². The zero-order chi connectivity index (χ0) is 13.5. The number of hydrogen-bond acceptors (Lipinski definition) is 4. The number of halogens is 1. The third kappa shape index (κ3) is 2.54. The minimum Gasteiger partial charge on any atom is -0.304 e. The van der Waals surface area contributed by atoms with Crippen LogP contribution in [0.15, 0.2) is 14.6 Å². The highest BCUT2D eigenvalue weighted by atomic mass is 79.9. The summed E-state index contributed by atoms with van der Waals surface area (Å²) in [4.78, 5) is 23.6. The van der Waals surface area contributed by atoms with Gasteiger partial charge in [0.2, 0.25) is 0 Å². The molecule has 0 amide bonds. The number of aryl methyl sites for hydroxylation is 1. The quantitative estimate of drug-likeness (QED) is 0.874. The molecule has 0 aliphatic rings. The first kappa shape index (κ1) is 13.4. The lowest BCUT2D eigenvalue weighted by molar-refractivity contribution is 0.562. The SMILES string of the molecule is Cc1csc(-c2nc(C(C)(C)C)c(Br)c(=O)[nH]2)n1. The summed E-state index contributed by atoms with van der Waals surface area (Å²) in [7, 11) is 0. The number of aromatic nitrogens is 3. The van der Waals surface area contributed by atoms with Gasteiger partial charge in [-0.15, -0.1) is 11.3 Å². The second kappa shape index (κ2) is 4.59. The molecule has 0 aliphatic carbocycles. The summed E-state index contributed by atoms with van der Waals surface area (Å²) < 4.78 is 0.493. The Bertz CT molecular complexity index is 640. The maximum atomic E-state index is 11.9. The van der Waals surface area contributed by atoms with Crippen molar-refractivity contribution < 1.29 is 0 Å². The molecular weight excluding hydrogens is 314 g/mol. The Morgan fingerprint density at radius 1 is 1.33 bits per heavy atom. The standard InChI is InChI=1S/C12H14BrN3OS/c1-6-5-18-11(14-6)9-15-8(12(2,3)4)7(13)10(17)16-9/h5H,1-4H3,(H,15,16,17). The first-order valence-corrected chi connectivity index (χ1v) is 7.19. The maximum absolute atomic E-state index is 11.9. The smallest absolute Gasteiger partial charge is 0.265 e. The van der Waals surface area contributed by atoms with Gasteiger partial charge in [-0.05, 0) is 22.9 Å². The van der Waals surface area contributed by atoms with Crippen molar-refractivity contribution in [2.45, 2.75) is 33.1 Å². The summed E-state index contributed by atoms with van der Waals surface area (Å²) >= 11 is 4.78. The normalized spacial score (nSPS) is 11.8. The van der Waals surface area contributed by atoms with Crippen LogP contribution in [0.5, 0.6) is 0 Å². The van der Waals surface area contributed by atoms with Crippen molar-refractivity contribution in [1.29, 1.82) is 0 Å². The van der Waals surface area contributed by atoms with E-state index in [1.54, 1.807) is 0 Å². The minimum absolute atomic E-state index is 0.169. The van der Waals surface area contributed by atoms with Crippen LogP contribution in [0.2, 0.25) is 0 Å². The van der Waals surface area contributed by atoms with Crippen molar-refractivity contribution >= 4 is 27.3 Å².